The Hall–Kier alpha value is -0.900. The zero-order valence-corrected chi connectivity index (χ0v) is 11.2. The zero-order chi connectivity index (χ0) is 12.8. The van der Waals surface area contributed by atoms with Crippen LogP contribution in [0.25, 0.3) is 0 Å². The molecule has 0 aliphatic heterocycles. The molecule has 4 heteroatoms. The Morgan fingerprint density at radius 2 is 1.76 bits per heavy atom. The van der Waals surface area contributed by atoms with Crippen LogP contribution in [0.1, 0.15) is 39.5 Å². The zero-order valence-electron chi connectivity index (χ0n) is 11.2. The van der Waals surface area contributed by atoms with Crippen LogP contribution in [0.3, 0.4) is 0 Å². The second-order valence-electron chi connectivity index (χ2n) is 4.75. The van der Waals surface area contributed by atoms with E-state index in [0.717, 1.165) is 25.9 Å². The summed E-state index contributed by atoms with van der Waals surface area (Å²) < 4.78 is 0. The van der Waals surface area contributed by atoms with E-state index in [1.54, 1.807) is 0 Å². The smallest absolute Gasteiger partial charge is 0.236 e. The van der Waals surface area contributed by atoms with Gasteiger partial charge in [-0.3, -0.25) is 14.5 Å². The molecule has 0 heterocycles. The Kier molecular flexibility index (Phi) is 5.62. The highest BCUT2D eigenvalue weighted by Crippen LogP contribution is 2.19. The number of amides is 1. The molecular formula is C13H24N2O2. The molecule has 0 radical (unpaired) electrons. The SMILES string of the molecule is CCN(CC)C(=O)CN(C)C1CCC(=O)CC1. The van der Waals surface area contributed by atoms with Crippen LogP contribution in [0.5, 0.6) is 0 Å². The second kappa shape index (κ2) is 6.74. The van der Waals surface area contributed by atoms with Crippen molar-refractivity contribution in [1.29, 1.82) is 0 Å². The largest absolute Gasteiger partial charge is 0.342 e. The first-order valence-electron chi connectivity index (χ1n) is 6.58. The van der Waals surface area contributed by atoms with Crippen LogP contribution in [-0.4, -0.2) is 54.2 Å². The minimum absolute atomic E-state index is 0.189. The number of carbonyl (C=O) groups is 2. The summed E-state index contributed by atoms with van der Waals surface area (Å²) in [7, 11) is 1.99. The van der Waals surface area contributed by atoms with E-state index in [1.165, 1.54) is 0 Å². The molecule has 17 heavy (non-hydrogen) atoms. The highest BCUT2D eigenvalue weighted by atomic mass is 16.2. The van der Waals surface area contributed by atoms with E-state index in [2.05, 4.69) is 4.90 Å². The molecule has 1 saturated carbocycles. The van der Waals surface area contributed by atoms with Crippen LogP contribution in [0, 0.1) is 0 Å². The molecule has 0 bridgehead atoms. The fraction of sp³-hybridized carbons (Fsp3) is 0.846. The van der Waals surface area contributed by atoms with Gasteiger partial charge in [0.1, 0.15) is 5.78 Å². The Morgan fingerprint density at radius 3 is 2.24 bits per heavy atom. The maximum atomic E-state index is 11.9. The van der Waals surface area contributed by atoms with E-state index in [-0.39, 0.29) is 5.91 Å². The van der Waals surface area contributed by atoms with Gasteiger partial charge in [0.25, 0.3) is 0 Å². The van der Waals surface area contributed by atoms with E-state index >= 15 is 0 Å². The van der Waals surface area contributed by atoms with Gasteiger partial charge in [-0.05, 0) is 33.7 Å². The summed E-state index contributed by atoms with van der Waals surface area (Å²) in [4.78, 5) is 27.1. The number of ketones is 1. The molecule has 0 N–H and O–H groups in total. The van der Waals surface area contributed by atoms with Crippen LogP contribution < -0.4 is 0 Å². The predicted octanol–water partition coefficient (Wildman–Crippen LogP) is 1.30. The number of rotatable bonds is 5. The topological polar surface area (TPSA) is 40.6 Å². The van der Waals surface area contributed by atoms with Crippen molar-refractivity contribution in [2.24, 2.45) is 0 Å². The molecule has 0 aromatic carbocycles. The highest BCUT2D eigenvalue weighted by molar-refractivity contribution is 5.79. The van der Waals surface area contributed by atoms with Crippen LogP contribution in [0.15, 0.2) is 0 Å². The monoisotopic (exact) mass is 240 g/mol. The minimum Gasteiger partial charge on any atom is -0.342 e. The average molecular weight is 240 g/mol. The van der Waals surface area contributed by atoms with E-state index in [0.29, 0.717) is 31.2 Å². The summed E-state index contributed by atoms with van der Waals surface area (Å²) in [5.74, 6) is 0.555. The Balaban J connectivity index is 2.40. The van der Waals surface area contributed by atoms with Gasteiger partial charge in [-0.1, -0.05) is 0 Å². The summed E-state index contributed by atoms with van der Waals surface area (Å²) in [6.07, 6.45) is 3.16. The van der Waals surface area contributed by atoms with Gasteiger partial charge in [-0.15, -0.1) is 0 Å². The fourth-order valence-corrected chi connectivity index (χ4v) is 2.38. The van der Waals surface area contributed by atoms with Gasteiger partial charge in [-0.2, -0.15) is 0 Å². The third-order valence-electron chi connectivity index (χ3n) is 3.64. The summed E-state index contributed by atoms with van der Waals surface area (Å²) in [6, 6.07) is 0.396. The molecule has 4 nitrogen and oxygen atoms in total. The molecule has 1 fully saturated rings. The fourth-order valence-electron chi connectivity index (χ4n) is 2.38. The van der Waals surface area contributed by atoms with Crippen LogP contribution in [0.4, 0.5) is 0 Å². The number of nitrogens with zero attached hydrogens (tertiary/aromatic N) is 2. The van der Waals surface area contributed by atoms with Crippen molar-refractivity contribution in [3.05, 3.63) is 0 Å². The molecule has 0 aromatic heterocycles. The van der Waals surface area contributed by atoms with Crippen molar-refractivity contribution >= 4 is 11.7 Å². The highest BCUT2D eigenvalue weighted by Gasteiger charge is 2.24. The number of likely N-dealkylation sites (N-methyl/N-ethyl adjacent to an activating group) is 2. The molecule has 0 atom stereocenters. The molecular weight excluding hydrogens is 216 g/mol. The molecule has 0 saturated heterocycles. The summed E-state index contributed by atoms with van der Waals surface area (Å²) >= 11 is 0. The van der Waals surface area contributed by atoms with Gasteiger partial charge in [0, 0.05) is 32.0 Å². The molecule has 98 valence electrons. The lowest BCUT2D eigenvalue weighted by atomic mass is 9.93. The van der Waals surface area contributed by atoms with Crippen molar-refractivity contribution in [3.63, 3.8) is 0 Å². The molecule has 0 aromatic rings. The van der Waals surface area contributed by atoms with Gasteiger partial charge in [0.15, 0.2) is 0 Å². The molecule has 1 amide bonds. The van der Waals surface area contributed by atoms with Crippen molar-refractivity contribution in [2.45, 2.75) is 45.6 Å². The Labute approximate surface area is 104 Å². The first kappa shape index (κ1) is 14.2. The predicted molar refractivity (Wildman–Crippen MR) is 67.8 cm³/mol. The molecule has 1 aliphatic rings. The van der Waals surface area contributed by atoms with E-state index in [4.69, 9.17) is 0 Å². The average Bonchev–Trinajstić information content (AvgIpc) is 2.31. The van der Waals surface area contributed by atoms with E-state index in [1.807, 2.05) is 25.8 Å². The maximum Gasteiger partial charge on any atom is 0.236 e. The lowest BCUT2D eigenvalue weighted by molar-refractivity contribution is -0.132. The van der Waals surface area contributed by atoms with Gasteiger partial charge < -0.3 is 4.90 Å². The van der Waals surface area contributed by atoms with Crippen molar-refractivity contribution in [1.82, 2.24) is 9.80 Å². The first-order chi connectivity index (χ1) is 8.08. The Morgan fingerprint density at radius 1 is 1.24 bits per heavy atom. The summed E-state index contributed by atoms with van der Waals surface area (Å²) in [5, 5.41) is 0. The van der Waals surface area contributed by atoms with E-state index in [9.17, 15) is 9.59 Å². The number of Topliss-reactive ketones (excluding diaryl/α,β-unsaturated/α-hetero) is 1. The molecule has 0 spiro atoms. The third-order valence-corrected chi connectivity index (χ3v) is 3.64. The van der Waals surface area contributed by atoms with Gasteiger partial charge in [0.05, 0.1) is 6.54 Å². The van der Waals surface area contributed by atoms with Crippen molar-refractivity contribution < 1.29 is 9.59 Å². The number of carbonyl (C=O) groups excluding carboxylic acids is 2. The van der Waals surface area contributed by atoms with Gasteiger partial charge in [-0.25, -0.2) is 0 Å². The minimum atomic E-state index is 0.189. The van der Waals surface area contributed by atoms with Crippen LogP contribution in [0.2, 0.25) is 0 Å². The van der Waals surface area contributed by atoms with Gasteiger partial charge >= 0.3 is 0 Å². The van der Waals surface area contributed by atoms with Crippen LogP contribution in [-0.2, 0) is 9.59 Å². The lowest BCUT2D eigenvalue weighted by Gasteiger charge is -2.31. The summed E-state index contributed by atoms with van der Waals surface area (Å²) in [6.45, 7) is 6.01. The van der Waals surface area contributed by atoms with Crippen molar-refractivity contribution in [3.8, 4) is 0 Å². The summed E-state index contributed by atoms with van der Waals surface area (Å²) in [5.41, 5.74) is 0. The lowest BCUT2D eigenvalue weighted by Crippen LogP contribution is -2.43. The van der Waals surface area contributed by atoms with Gasteiger partial charge in [0.2, 0.25) is 5.91 Å². The normalized spacial score (nSPS) is 17.5. The maximum absolute atomic E-state index is 11.9. The Bertz CT molecular complexity index is 265. The third kappa shape index (κ3) is 4.11. The van der Waals surface area contributed by atoms with Crippen molar-refractivity contribution in [2.75, 3.05) is 26.7 Å². The standard InChI is InChI=1S/C13H24N2O2/c1-4-15(5-2)13(17)10-14(3)11-6-8-12(16)9-7-11/h11H,4-10H2,1-3H3. The molecule has 0 unspecified atom stereocenters. The van der Waals surface area contributed by atoms with Crippen LogP contribution >= 0.6 is 0 Å². The first-order valence-corrected chi connectivity index (χ1v) is 6.58. The number of hydrogen-bond acceptors (Lipinski definition) is 3. The van der Waals surface area contributed by atoms with E-state index < -0.39 is 0 Å². The second-order valence-corrected chi connectivity index (χ2v) is 4.75. The quantitative estimate of drug-likeness (QED) is 0.727. The molecule has 1 aliphatic carbocycles. The molecule has 1 rings (SSSR count). The number of hydrogen-bond donors (Lipinski definition) is 0.